The molecule has 0 bridgehead atoms. The summed E-state index contributed by atoms with van der Waals surface area (Å²) in [6, 6.07) is 7.34. The Hall–Kier alpha value is -1.60. The van der Waals surface area contributed by atoms with Gasteiger partial charge in [0.2, 0.25) is 0 Å². The highest BCUT2D eigenvalue weighted by Crippen LogP contribution is 2.25. The van der Waals surface area contributed by atoms with Crippen LogP contribution in [-0.2, 0) is 14.3 Å². The average Bonchev–Trinajstić information content (AvgIpc) is 2.89. The van der Waals surface area contributed by atoms with Gasteiger partial charge in [-0.3, -0.25) is 9.69 Å². The quantitative estimate of drug-likeness (QED) is 0.776. The standard InChI is InChI=1S/C14H15BrN2O4/c15-7-12-8-17(14(19)21-12)11-3-1-10(2-4-11)16-5-6-20-9-13(16)18/h1-4,12H,5-9H2. The van der Waals surface area contributed by atoms with E-state index in [0.29, 0.717) is 25.0 Å². The molecule has 0 aliphatic carbocycles. The van der Waals surface area contributed by atoms with Gasteiger partial charge in [0.15, 0.2) is 0 Å². The second-order valence-corrected chi connectivity index (χ2v) is 5.53. The van der Waals surface area contributed by atoms with E-state index in [0.717, 1.165) is 11.4 Å². The van der Waals surface area contributed by atoms with E-state index < -0.39 is 0 Å². The lowest BCUT2D eigenvalue weighted by Crippen LogP contribution is -2.41. The number of nitrogens with zero attached hydrogens (tertiary/aromatic N) is 2. The summed E-state index contributed by atoms with van der Waals surface area (Å²) in [6.07, 6.45) is -0.465. The first-order valence-electron chi connectivity index (χ1n) is 6.71. The molecule has 1 aromatic carbocycles. The number of hydrogen-bond donors (Lipinski definition) is 0. The third kappa shape index (κ3) is 2.89. The smallest absolute Gasteiger partial charge is 0.414 e. The van der Waals surface area contributed by atoms with E-state index in [4.69, 9.17) is 9.47 Å². The van der Waals surface area contributed by atoms with Crippen LogP contribution < -0.4 is 9.80 Å². The molecular formula is C14H15BrN2O4. The van der Waals surface area contributed by atoms with Gasteiger partial charge in [-0.15, -0.1) is 0 Å². The molecule has 2 fully saturated rings. The summed E-state index contributed by atoms with van der Waals surface area (Å²) in [4.78, 5) is 26.9. The number of benzene rings is 1. The van der Waals surface area contributed by atoms with Gasteiger partial charge in [-0.05, 0) is 24.3 Å². The molecule has 2 amide bonds. The number of rotatable bonds is 3. The van der Waals surface area contributed by atoms with E-state index in [1.165, 1.54) is 0 Å². The van der Waals surface area contributed by atoms with E-state index in [1.807, 2.05) is 24.3 Å². The van der Waals surface area contributed by atoms with E-state index in [9.17, 15) is 9.59 Å². The maximum atomic E-state index is 11.8. The lowest BCUT2D eigenvalue weighted by Gasteiger charge is -2.27. The third-order valence-electron chi connectivity index (χ3n) is 3.51. The molecule has 7 heteroatoms. The maximum Gasteiger partial charge on any atom is 0.414 e. The molecule has 21 heavy (non-hydrogen) atoms. The number of alkyl halides is 1. The predicted molar refractivity (Wildman–Crippen MR) is 81.0 cm³/mol. The lowest BCUT2D eigenvalue weighted by atomic mass is 10.2. The Morgan fingerprint density at radius 2 is 1.81 bits per heavy atom. The van der Waals surface area contributed by atoms with Gasteiger partial charge in [-0.1, -0.05) is 15.9 Å². The summed E-state index contributed by atoms with van der Waals surface area (Å²) in [5, 5.41) is 0.621. The summed E-state index contributed by atoms with van der Waals surface area (Å²) < 4.78 is 10.3. The van der Waals surface area contributed by atoms with Gasteiger partial charge in [0, 0.05) is 23.2 Å². The second-order valence-electron chi connectivity index (χ2n) is 4.89. The summed E-state index contributed by atoms with van der Waals surface area (Å²) in [7, 11) is 0. The summed E-state index contributed by atoms with van der Waals surface area (Å²) in [5.74, 6) is -0.0473. The highest BCUT2D eigenvalue weighted by atomic mass is 79.9. The number of halogens is 1. The molecular weight excluding hydrogens is 340 g/mol. The molecule has 3 rings (SSSR count). The van der Waals surface area contributed by atoms with Crippen molar-refractivity contribution in [2.24, 2.45) is 0 Å². The highest BCUT2D eigenvalue weighted by Gasteiger charge is 2.31. The largest absolute Gasteiger partial charge is 0.443 e. The van der Waals surface area contributed by atoms with Gasteiger partial charge in [0.05, 0.1) is 13.2 Å². The minimum absolute atomic E-state index is 0.0473. The lowest BCUT2D eigenvalue weighted by molar-refractivity contribution is -0.125. The number of anilines is 2. The zero-order valence-corrected chi connectivity index (χ0v) is 12.9. The number of hydrogen-bond acceptors (Lipinski definition) is 4. The van der Waals surface area contributed by atoms with Crippen molar-refractivity contribution in [3.63, 3.8) is 0 Å². The minimum Gasteiger partial charge on any atom is -0.443 e. The fraction of sp³-hybridized carbons (Fsp3) is 0.429. The van der Waals surface area contributed by atoms with Crippen molar-refractivity contribution in [3.05, 3.63) is 24.3 Å². The molecule has 0 N–H and O–H groups in total. The molecule has 2 aliphatic rings. The molecule has 0 radical (unpaired) electrons. The molecule has 1 atom stereocenters. The van der Waals surface area contributed by atoms with Gasteiger partial charge in [-0.2, -0.15) is 0 Å². The van der Waals surface area contributed by atoms with Crippen LogP contribution in [0.2, 0.25) is 0 Å². The van der Waals surface area contributed by atoms with Gasteiger partial charge in [-0.25, -0.2) is 4.79 Å². The van der Waals surface area contributed by atoms with E-state index in [-0.39, 0.29) is 24.7 Å². The monoisotopic (exact) mass is 354 g/mol. The first-order chi connectivity index (χ1) is 10.2. The third-order valence-corrected chi connectivity index (χ3v) is 4.23. The zero-order chi connectivity index (χ0) is 14.8. The Morgan fingerprint density at radius 1 is 1.14 bits per heavy atom. The number of cyclic esters (lactones) is 1. The van der Waals surface area contributed by atoms with Crippen LogP contribution in [0.25, 0.3) is 0 Å². The van der Waals surface area contributed by atoms with Gasteiger partial charge < -0.3 is 14.4 Å². The molecule has 2 aliphatic heterocycles. The van der Waals surface area contributed by atoms with Crippen molar-refractivity contribution < 1.29 is 19.1 Å². The number of ether oxygens (including phenoxy) is 2. The molecule has 1 unspecified atom stereocenters. The maximum absolute atomic E-state index is 11.8. The first kappa shape index (κ1) is 14.3. The fourth-order valence-electron chi connectivity index (χ4n) is 2.42. The van der Waals surface area contributed by atoms with Crippen molar-refractivity contribution in [1.82, 2.24) is 0 Å². The summed E-state index contributed by atoms with van der Waals surface area (Å²) in [5.41, 5.74) is 1.59. The predicted octanol–water partition coefficient (Wildman–Crippen LogP) is 1.77. The van der Waals surface area contributed by atoms with Crippen LogP contribution in [0.15, 0.2) is 24.3 Å². The molecule has 2 saturated heterocycles. The number of carbonyl (C=O) groups excluding carboxylic acids is 2. The van der Waals surface area contributed by atoms with Crippen LogP contribution in [0.4, 0.5) is 16.2 Å². The molecule has 1 aromatic rings. The van der Waals surface area contributed by atoms with Crippen molar-refractivity contribution in [1.29, 1.82) is 0 Å². The highest BCUT2D eigenvalue weighted by molar-refractivity contribution is 9.09. The molecule has 2 heterocycles. The van der Waals surface area contributed by atoms with Crippen LogP contribution >= 0.6 is 15.9 Å². The molecule has 6 nitrogen and oxygen atoms in total. The van der Waals surface area contributed by atoms with Crippen LogP contribution in [-0.4, -0.2) is 49.7 Å². The first-order valence-corrected chi connectivity index (χ1v) is 7.83. The molecule has 0 aromatic heterocycles. The van der Waals surface area contributed by atoms with Gasteiger partial charge >= 0.3 is 6.09 Å². The van der Waals surface area contributed by atoms with Crippen LogP contribution in [0.5, 0.6) is 0 Å². The zero-order valence-electron chi connectivity index (χ0n) is 11.3. The number of carbonyl (C=O) groups is 2. The van der Waals surface area contributed by atoms with Crippen molar-refractivity contribution in [2.45, 2.75) is 6.10 Å². The van der Waals surface area contributed by atoms with Crippen LogP contribution in [0, 0.1) is 0 Å². The Kier molecular flexibility index (Phi) is 4.12. The second kappa shape index (κ2) is 6.03. The van der Waals surface area contributed by atoms with Crippen LogP contribution in [0.3, 0.4) is 0 Å². The number of amides is 2. The summed E-state index contributed by atoms with van der Waals surface area (Å²) in [6.45, 7) is 1.74. The number of morpholine rings is 1. The average molecular weight is 355 g/mol. The van der Waals surface area contributed by atoms with E-state index >= 15 is 0 Å². The fourth-order valence-corrected chi connectivity index (χ4v) is 2.75. The normalized spacial score (nSPS) is 22.6. The van der Waals surface area contributed by atoms with Crippen molar-refractivity contribution >= 4 is 39.3 Å². The van der Waals surface area contributed by atoms with Crippen molar-refractivity contribution in [3.8, 4) is 0 Å². The minimum atomic E-state index is -0.338. The van der Waals surface area contributed by atoms with Gasteiger partial charge in [0.1, 0.15) is 12.7 Å². The van der Waals surface area contributed by atoms with Gasteiger partial charge in [0.25, 0.3) is 5.91 Å². The summed E-state index contributed by atoms with van der Waals surface area (Å²) >= 11 is 3.31. The Labute approximate surface area is 130 Å². The molecule has 0 saturated carbocycles. The van der Waals surface area contributed by atoms with E-state index in [1.54, 1.807) is 9.80 Å². The Morgan fingerprint density at radius 3 is 2.38 bits per heavy atom. The topological polar surface area (TPSA) is 59.1 Å². The van der Waals surface area contributed by atoms with Crippen molar-refractivity contribution in [2.75, 3.05) is 41.4 Å². The Bertz CT molecular complexity index is 548. The molecule has 0 spiro atoms. The van der Waals surface area contributed by atoms with Crippen LogP contribution in [0.1, 0.15) is 0 Å². The Balaban J connectivity index is 1.75. The van der Waals surface area contributed by atoms with E-state index in [2.05, 4.69) is 15.9 Å². The molecule has 112 valence electrons. The SMILES string of the molecule is O=C1COCCN1c1ccc(N2CC(CBr)OC2=O)cc1.